The van der Waals surface area contributed by atoms with Gasteiger partial charge >= 0.3 is 0 Å². The van der Waals surface area contributed by atoms with Crippen molar-refractivity contribution in [3.8, 4) is 5.75 Å². The Bertz CT molecular complexity index is 546. The van der Waals surface area contributed by atoms with E-state index in [9.17, 15) is 8.78 Å². The molecule has 0 radical (unpaired) electrons. The molecule has 1 aliphatic rings. The molecule has 0 aromatic heterocycles. The summed E-state index contributed by atoms with van der Waals surface area (Å²) in [5, 5.41) is 0. The minimum atomic E-state index is -0.897. The summed E-state index contributed by atoms with van der Waals surface area (Å²) in [7, 11) is 1.34. The molecule has 1 aromatic rings. The highest BCUT2D eigenvalue weighted by atomic mass is 19.2. The van der Waals surface area contributed by atoms with Crippen LogP contribution in [0.4, 0.5) is 8.78 Å². The van der Waals surface area contributed by atoms with Crippen molar-refractivity contribution >= 4 is 5.57 Å². The normalized spacial score (nSPS) is 18.9. The molecule has 2 rings (SSSR count). The smallest absolute Gasteiger partial charge is 0.201 e. The molecule has 0 saturated carbocycles. The fourth-order valence-electron chi connectivity index (χ4n) is 2.83. The zero-order chi connectivity index (χ0) is 15.2. The topological polar surface area (TPSA) is 9.23 Å². The molecular weight excluding hydrogens is 270 g/mol. The van der Waals surface area contributed by atoms with E-state index in [-0.39, 0.29) is 5.75 Å². The Morgan fingerprint density at radius 1 is 1.29 bits per heavy atom. The molecule has 0 spiro atoms. The summed E-state index contributed by atoms with van der Waals surface area (Å²) in [5.74, 6) is -1.09. The van der Waals surface area contributed by atoms with Gasteiger partial charge in [0, 0.05) is 5.56 Å². The average Bonchev–Trinajstić information content (AvgIpc) is 2.51. The van der Waals surface area contributed by atoms with Crippen LogP contribution in [0.1, 0.15) is 44.6 Å². The SMILES string of the molecule is CC=CCCC1CC=C(c2ccc(OC)c(F)c2F)CC1. The zero-order valence-corrected chi connectivity index (χ0v) is 12.7. The van der Waals surface area contributed by atoms with Gasteiger partial charge in [-0.05, 0) is 62.7 Å². The highest BCUT2D eigenvalue weighted by Gasteiger charge is 2.20. The van der Waals surface area contributed by atoms with Crippen LogP contribution in [0.5, 0.6) is 5.75 Å². The summed E-state index contributed by atoms with van der Waals surface area (Å²) >= 11 is 0. The maximum Gasteiger partial charge on any atom is 0.201 e. The maximum atomic E-state index is 14.1. The number of allylic oxidation sites excluding steroid dienone is 4. The van der Waals surface area contributed by atoms with Gasteiger partial charge in [0.05, 0.1) is 7.11 Å². The number of hydrogen-bond acceptors (Lipinski definition) is 1. The van der Waals surface area contributed by atoms with Crippen molar-refractivity contribution in [1.29, 1.82) is 0 Å². The lowest BCUT2D eigenvalue weighted by Gasteiger charge is -2.22. The lowest BCUT2D eigenvalue weighted by atomic mass is 9.84. The number of methoxy groups -OCH3 is 1. The molecule has 0 amide bonds. The number of benzene rings is 1. The second-order valence-electron chi connectivity index (χ2n) is 5.46. The van der Waals surface area contributed by atoms with E-state index in [1.807, 2.05) is 6.92 Å². The molecule has 0 N–H and O–H groups in total. The Kier molecular flexibility index (Phi) is 5.54. The summed E-state index contributed by atoms with van der Waals surface area (Å²) in [4.78, 5) is 0. The number of halogens is 2. The molecule has 0 heterocycles. The fraction of sp³-hybridized carbons (Fsp3) is 0.444. The van der Waals surface area contributed by atoms with Crippen LogP contribution in [0.3, 0.4) is 0 Å². The number of rotatable bonds is 5. The first-order valence-corrected chi connectivity index (χ1v) is 7.50. The molecule has 21 heavy (non-hydrogen) atoms. The van der Waals surface area contributed by atoms with E-state index >= 15 is 0 Å². The Hall–Kier alpha value is -1.64. The summed E-state index contributed by atoms with van der Waals surface area (Å²) in [6.07, 6.45) is 11.4. The van der Waals surface area contributed by atoms with Crippen LogP contribution in [-0.4, -0.2) is 7.11 Å². The molecule has 1 unspecified atom stereocenters. The van der Waals surface area contributed by atoms with Crippen LogP contribution in [0.25, 0.3) is 5.57 Å². The van der Waals surface area contributed by atoms with Crippen LogP contribution >= 0.6 is 0 Å². The van der Waals surface area contributed by atoms with Crippen molar-refractivity contribution in [2.75, 3.05) is 7.11 Å². The van der Waals surface area contributed by atoms with Crippen molar-refractivity contribution in [1.82, 2.24) is 0 Å². The van der Waals surface area contributed by atoms with Gasteiger partial charge in [0.2, 0.25) is 5.82 Å². The summed E-state index contributed by atoms with van der Waals surface area (Å²) < 4.78 is 32.6. The van der Waals surface area contributed by atoms with E-state index in [2.05, 4.69) is 18.2 Å². The number of hydrogen-bond donors (Lipinski definition) is 0. The molecule has 1 aromatic carbocycles. The van der Waals surface area contributed by atoms with Gasteiger partial charge in [-0.1, -0.05) is 18.2 Å². The molecule has 1 nitrogen and oxygen atoms in total. The molecule has 114 valence electrons. The Balaban J connectivity index is 2.09. The van der Waals surface area contributed by atoms with E-state index in [1.165, 1.54) is 13.2 Å². The Morgan fingerprint density at radius 2 is 2.10 bits per heavy atom. The highest BCUT2D eigenvalue weighted by Crippen LogP contribution is 2.35. The van der Waals surface area contributed by atoms with Gasteiger partial charge in [0.25, 0.3) is 0 Å². The second kappa shape index (κ2) is 7.39. The van der Waals surface area contributed by atoms with Crippen LogP contribution in [0.2, 0.25) is 0 Å². The predicted octanol–water partition coefficient (Wildman–Crippen LogP) is 5.51. The first-order valence-electron chi connectivity index (χ1n) is 7.50. The van der Waals surface area contributed by atoms with Gasteiger partial charge in [-0.25, -0.2) is 4.39 Å². The van der Waals surface area contributed by atoms with Crippen molar-refractivity contribution < 1.29 is 13.5 Å². The minimum Gasteiger partial charge on any atom is -0.494 e. The molecule has 0 aliphatic heterocycles. The lowest BCUT2D eigenvalue weighted by molar-refractivity contribution is 0.371. The van der Waals surface area contributed by atoms with Crippen molar-refractivity contribution in [2.45, 2.75) is 39.0 Å². The Labute approximate surface area is 125 Å². The fourth-order valence-corrected chi connectivity index (χ4v) is 2.83. The van der Waals surface area contributed by atoms with E-state index < -0.39 is 11.6 Å². The van der Waals surface area contributed by atoms with E-state index in [0.29, 0.717) is 11.5 Å². The summed E-state index contributed by atoms with van der Waals surface area (Å²) in [5.41, 5.74) is 1.29. The quantitative estimate of drug-likeness (QED) is 0.650. The standard InChI is InChI=1S/C18H22F2O/c1-3-4-5-6-13-7-9-14(10-8-13)15-11-12-16(21-2)18(20)17(15)19/h3-4,9,11-13H,5-8,10H2,1-2H3. The van der Waals surface area contributed by atoms with Crippen LogP contribution in [0.15, 0.2) is 30.4 Å². The van der Waals surface area contributed by atoms with Gasteiger partial charge < -0.3 is 4.74 Å². The van der Waals surface area contributed by atoms with Crippen molar-refractivity contribution in [3.63, 3.8) is 0 Å². The third-order valence-electron chi connectivity index (χ3n) is 4.11. The van der Waals surface area contributed by atoms with Gasteiger partial charge in [-0.3, -0.25) is 0 Å². The molecule has 0 fully saturated rings. The third-order valence-corrected chi connectivity index (χ3v) is 4.11. The van der Waals surface area contributed by atoms with Crippen LogP contribution in [0, 0.1) is 17.6 Å². The molecule has 0 bridgehead atoms. The van der Waals surface area contributed by atoms with Gasteiger partial charge in [-0.2, -0.15) is 4.39 Å². The summed E-state index contributed by atoms with van der Waals surface area (Å²) in [6.45, 7) is 2.03. The zero-order valence-electron chi connectivity index (χ0n) is 12.7. The highest BCUT2D eigenvalue weighted by molar-refractivity contribution is 5.67. The Morgan fingerprint density at radius 3 is 2.71 bits per heavy atom. The van der Waals surface area contributed by atoms with Gasteiger partial charge in [-0.15, -0.1) is 0 Å². The van der Waals surface area contributed by atoms with Crippen LogP contribution < -0.4 is 4.74 Å². The minimum absolute atomic E-state index is 0.0445. The van der Waals surface area contributed by atoms with Gasteiger partial charge in [0.1, 0.15) is 0 Å². The third kappa shape index (κ3) is 3.72. The monoisotopic (exact) mass is 292 g/mol. The molecule has 3 heteroatoms. The van der Waals surface area contributed by atoms with Crippen molar-refractivity contribution in [3.05, 3.63) is 47.6 Å². The predicted molar refractivity (Wildman–Crippen MR) is 82.3 cm³/mol. The van der Waals surface area contributed by atoms with Gasteiger partial charge in [0.15, 0.2) is 11.6 Å². The average molecular weight is 292 g/mol. The van der Waals surface area contributed by atoms with E-state index in [4.69, 9.17) is 4.74 Å². The lowest BCUT2D eigenvalue weighted by Crippen LogP contribution is -2.07. The molecular formula is C18H22F2O. The van der Waals surface area contributed by atoms with E-state index in [0.717, 1.165) is 37.7 Å². The maximum absolute atomic E-state index is 14.1. The van der Waals surface area contributed by atoms with Crippen molar-refractivity contribution in [2.24, 2.45) is 5.92 Å². The van der Waals surface area contributed by atoms with E-state index in [1.54, 1.807) is 6.07 Å². The second-order valence-corrected chi connectivity index (χ2v) is 5.46. The number of ether oxygens (including phenoxy) is 1. The largest absolute Gasteiger partial charge is 0.494 e. The summed E-state index contributed by atoms with van der Waals surface area (Å²) in [6, 6.07) is 3.11. The first-order chi connectivity index (χ1) is 10.2. The first kappa shape index (κ1) is 15.7. The van der Waals surface area contributed by atoms with Crippen LogP contribution in [-0.2, 0) is 0 Å². The molecule has 1 atom stereocenters. The molecule has 0 saturated heterocycles. The molecule has 1 aliphatic carbocycles.